The highest BCUT2D eigenvalue weighted by atomic mass is 35.5. The van der Waals surface area contributed by atoms with Gasteiger partial charge in [-0.15, -0.1) is 10.2 Å². The average Bonchev–Trinajstić information content (AvgIpc) is 3.13. The molecule has 0 aliphatic heterocycles. The first kappa shape index (κ1) is 20.6. The second kappa shape index (κ2) is 8.09. The Kier molecular flexibility index (Phi) is 5.75. The molecule has 150 valence electrons. The third-order valence-corrected chi connectivity index (χ3v) is 4.33. The Balaban J connectivity index is 1.82. The van der Waals surface area contributed by atoms with Gasteiger partial charge in [-0.1, -0.05) is 35.9 Å². The first-order valence-electron chi connectivity index (χ1n) is 8.61. The lowest BCUT2D eigenvalue weighted by Gasteiger charge is -2.12. The number of nitriles is 1. The van der Waals surface area contributed by atoms with Crippen molar-refractivity contribution in [3.8, 4) is 17.5 Å². The first-order valence-corrected chi connectivity index (χ1v) is 8.99. The van der Waals surface area contributed by atoms with Crippen molar-refractivity contribution in [2.24, 2.45) is 0 Å². The van der Waals surface area contributed by atoms with Gasteiger partial charge in [0, 0.05) is 30.4 Å². The maximum atomic E-state index is 13.1. The van der Waals surface area contributed by atoms with Gasteiger partial charge in [0.05, 0.1) is 5.69 Å². The highest BCUT2D eigenvalue weighted by Crippen LogP contribution is 2.32. The summed E-state index contributed by atoms with van der Waals surface area (Å²) in [4.78, 5) is 3.79. The van der Waals surface area contributed by atoms with E-state index >= 15 is 0 Å². The molecule has 2 heterocycles. The highest BCUT2D eigenvalue weighted by Gasteiger charge is 2.35. The number of rotatable bonds is 5. The van der Waals surface area contributed by atoms with Crippen LogP contribution < -0.4 is 5.32 Å². The van der Waals surface area contributed by atoms with E-state index in [0.717, 1.165) is 11.8 Å². The zero-order valence-electron chi connectivity index (χ0n) is 15.5. The molecule has 0 amide bonds. The summed E-state index contributed by atoms with van der Waals surface area (Å²) in [6.07, 6.45) is -3.48. The molecule has 2 aromatic heterocycles. The summed E-state index contributed by atoms with van der Waals surface area (Å²) in [5.74, 6) is 0.253. The van der Waals surface area contributed by atoms with E-state index in [1.54, 1.807) is 38.1 Å². The zero-order chi connectivity index (χ0) is 21.2. The molecule has 0 aliphatic rings. The van der Waals surface area contributed by atoms with Crippen LogP contribution in [0, 0.1) is 11.3 Å². The largest absolute Gasteiger partial charge is 0.434 e. The van der Waals surface area contributed by atoms with Gasteiger partial charge in [-0.2, -0.15) is 18.4 Å². The van der Waals surface area contributed by atoms with Gasteiger partial charge in [-0.05, 0) is 19.4 Å². The quantitative estimate of drug-likeness (QED) is 0.622. The Labute approximate surface area is 170 Å². The molecule has 1 aromatic carbocycles. The van der Waals surface area contributed by atoms with E-state index < -0.39 is 11.9 Å². The van der Waals surface area contributed by atoms with Gasteiger partial charge < -0.3 is 9.88 Å². The molecule has 6 nitrogen and oxygen atoms in total. The fraction of sp³-hybridized carbons (Fsp3) is 0.263. The molecule has 0 atom stereocenters. The Morgan fingerprint density at radius 3 is 2.48 bits per heavy atom. The molecule has 0 unspecified atom stereocenters. The molecule has 0 fully saturated rings. The predicted octanol–water partition coefficient (Wildman–Crippen LogP) is 5.08. The lowest BCUT2D eigenvalue weighted by molar-refractivity contribution is -0.140. The van der Waals surface area contributed by atoms with E-state index in [1.165, 1.54) is 10.6 Å². The summed E-state index contributed by atoms with van der Waals surface area (Å²) in [7, 11) is 0. The fourth-order valence-corrected chi connectivity index (χ4v) is 2.84. The third kappa shape index (κ3) is 4.66. The summed E-state index contributed by atoms with van der Waals surface area (Å²) in [5.41, 5.74) is 1.07. The summed E-state index contributed by atoms with van der Waals surface area (Å²) in [5, 5.41) is 19.6. The second-order valence-corrected chi connectivity index (χ2v) is 6.93. The van der Waals surface area contributed by atoms with Gasteiger partial charge in [0.2, 0.25) is 0 Å². The van der Waals surface area contributed by atoms with Crippen LogP contribution in [0.1, 0.15) is 36.8 Å². The summed E-state index contributed by atoms with van der Waals surface area (Å²) >= 11 is 5.81. The molecule has 1 N–H and O–H groups in total. The molecule has 0 aliphatic carbocycles. The first-order chi connectivity index (χ1) is 13.7. The van der Waals surface area contributed by atoms with E-state index in [2.05, 4.69) is 20.5 Å². The van der Waals surface area contributed by atoms with Crippen molar-refractivity contribution in [2.45, 2.75) is 32.6 Å². The SMILES string of the molecule is CC(C)n1cc(C(F)(F)F)nc1-c1ccc(CNc2cc(Cl)nnc2C#N)cc1. The molecule has 0 saturated heterocycles. The van der Waals surface area contributed by atoms with E-state index in [1.807, 2.05) is 6.07 Å². The molecular weight excluding hydrogens is 405 g/mol. The minimum atomic E-state index is -4.50. The van der Waals surface area contributed by atoms with Crippen LogP contribution in [0.5, 0.6) is 0 Å². The third-order valence-electron chi connectivity index (χ3n) is 4.14. The predicted molar refractivity (Wildman–Crippen MR) is 102 cm³/mol. The summed E-state index contributed by atoms with van der Waals surface area (Å²) in [6.45, 7) is 3.96. The van der Waals surface area contributed by atoms with E-state index in [-0.39, 0.29) is 22.7 Å². The number of aromatic nitrogens is 4. The molecule has 0 saturated carbocycles. The zero-order valence-corrected chi connectivity index (χ0v) is 16.3. The Morgan fingerprint density at radius 2 is 1.90 bits per heavy atom. The number of halogens is 4. The number of anilines is 1. The molecular formula is C19H16ClF3N6. The van der Waals surface area contributed by atoms with Crippen molar-refractivity contribution in [1.82, 2.24) is 19.7 Å². The van der Waals surface area contributed by atoms with Crippen LogP contribution in [0.2, 0.25) is 5.15 Å². The van der Waals surface area contributed by atoms with Crippen LogP contribution in [0.25, 0.3) is 11.4 Å². The van der Waals surface area contributed by atoms with Gasteiger partial charge in [0.15, 0.2) is 16.5 Å². The standard InChI is InChI=1S/C19H16ClF3N6/c1-11(2)29-10-16(19(21,22)23)26-18(29)13-5-3-12(4-6-13)9-25-14-7-17(20)28-27-15(14)8-24/h3-7,10-11H,9H2,1-2H3,(H,25,28). The maximum Gasteiger partial charge on any atom is 0.434 e. The Morgan fingerprint density at radius 1 is 1.21 bits per heavy atom. The number of imidazole rings is 1. The van der Waals surface area contributed by atoms with Crippen molar-refractivity contribution < 1.29 is 13.2 Å². The Bertz CT molecular complexity index is 1050. The fourth-order valence-electron chi connectivity index (χ4n) is 2.69. The molecule has 3 aromatic rings. The van der Waals surface area contributed by atoms with Crippen molar-refractivity contribution >= 4 is 17.3 Å². The van der Waals surface area contributed by atoms with Gasteiger partial charge in [-0.25, -0.2) is 4.98 Å². The summed E-state index contributed by atoms with van der Waals surface area (Å²) in [6, 6.07) is 10.2. The molecule has 29 heavy (non-hydrogen) atoms. The van der Waals surface area contributed by atoms with Crippen molar-refractivity contribution in [2.75, 3.05) is 5.32 Å². The molecule has 0 spiro atoms. The molecule has 3 rings (SSSR count). The van der Waals surface area contributed by atoms with Crippen LogP contribution in [0.3, 0.4) is 0 Å². The van der Waals surface area contributed by atoms with Crippen LogP contribution in [0.15, 0.2) is 36.5 Å². The highest BCUT2D eigenvalue weighted by molar-refractivity contribution is 6.29. The molecule has 0 bridgehead atoms. The number of nitrogens with one attached hydrogen (secondary N) is 1. The monoisotopic (exact) mass is 420 g/mol. The van der Waals surface area contributed by atoms with Gasteiger partial charge in [0.25, 0.3) is 0 Å². The number of benzene rings is 1. The second-order valence-electron chi connectivity index (χ2n) is 6.54. The van der Waals surface area contributed by atoms with Crippen LogP contribution in [-0.2, 0) is 12.7 Å². The number of hydrogen-bond acceptors (Lipinski definition) is 5. The lowest BCUT2D eigenvalue weighted by atomic mass is 10.1. The number of nitrogens with zero attached hydrogens (tertiary/aromatic N) is 5. The van der Waals surface area contributed by atoms with Gasteiger partial charge in [0.1, 0.15) is 11.9 Å². The molecule has 10 heteroatoms. The summed E-state index contributed by atoms with van der Waals surface area (Å²) < 4.78 is 40.7. The van der Waals surface area contributed by atoms with Gasteiger partial charge in [-0.3, -0.25) is 0 Å². The topological polar surface area (TPSA) is 79.4 Å². The number of alkyl halides is 3. The van der Waals surface area contributed by atoms with Crippen LogP contribution in [-0.4, -0.2) is 19.7 Å². The van der Waals surface area contributed by atoms with E-state index in [0.29, 0.717) is 17.8 Å². The van der Waals surface area contributed by atoms with Crippen LogP contribution >= 0.6 is 11.6 Å². The van der Waals surface area contributed by atoms with Crippen molar-refractivity contribution in [3.63, 3.8) is 0 Å². The van der Waals surface area contributed by atoms with Gasteiger partial charge >= 0.3 is 6.18 Å². The van der Waals surface area contributed by atoms with Crippen molar-refractivity contribution in [1.29, 1.82) is 5.26 Å². The smallest absolute Gasteiger partial charge is 0.378 e. The minimum Gasteiger partial charge on any atom is -0.378 e. The van der Waals surface area contributed by atoms with E-state index in [4.69, 9.17) is 16.9 Å². The Hall–Kier alpha value is -3.12. The van der Waals surface area contributed by atoms with E-state index in [9.17, 15) is 13.2 Å². The van der Waals surface area contributed by atoms with Crippen LogP contribution in [0.4, 0.5) is 18.9 Å². The normalized spacial score (nSPS) is 11.5. The number of hydrogen-bond donors (Lipinski definition) is 1. The molecule has 0 radical (unpaired) electrons. The maximum absolute atomic E-state index is 13.1. The van der Waals surface area contributed by atoms with Crippen molar-refractivity contribution in [3.05, 3.63) is 58.6 Å². The minimum absolute atomic E-state index is 0.115. The lowest BCUT2D eigenvalue weighted by Crippen LogP contribution is -2.05. The average molecular weight is 421 g/mol.